The summed E-state index contributed by atoms with van der Waals surface area (Å²) in [5.74, 6) is 1.46. The van der Waals surface area contributed by atoms with Gasteiger partial charge in [0.1, 0.15) is 5.82 Å². The zero-order chi connectivity index (χ0) is 17.1. The molecule has 1 N–H and O–H groups in total. The zero-order valence-electron chi connectivity index (χ0n) is 15.0. The van der Waals surface area contributed by atoms with Crippen molar-refractivity contribution >= 4 is 25.8 Å². The highest BCUT2D eigenvalue weighted by molar-refractivity contribution is 6.57. The minimum Gasteiger partial charge on any atom is -0.466 e. The number of H-pyrrole nitrogens is 1. The maximum absolute atomic E-state index is 11.9. The highest BCUT2D eigenvalue weighted by Crippen LogP contribution is 2.28. The van der Waals surface area contributed by atoms with Crippen molar-refractivity contribution in [1.82, 2.24) is 9.97 Å². The van der Waals surface area contributed by atoms with Crippen molar-refractivity contribution in [2.24, 2.45) is 5.92 Å². The zero-order valence-corrected chi connectivity index (χ0v) is 16.1. The highest BCUT2D eigenvalue weighted by Gasteiger charge is 2.21. The van der Waals surface area contributed by atoms with Crippen LogP contribution in [-0.2, 0) is 16.0 Å². The minimum atomic E-state index is -0.379. The summed E-state index contributed by atoms with van der Waals surface area (Å²) in [5.41, 5.74) is 2.99. The number of hydrogen-bond acceptors (Lipinski definition) is 3. The van der Waals surface area contributed by atoms with Crippen LogP contribution in [0.2, 0.25) is 18.6 Å². The van der Waals surface area contributed by atoms with Crippen LogP contribution in [0.15, 0.2) is 18.2 Å². The number of carbonyl (C=O) groups excluding carboxylic acids is 1. The second-order valence-corrected chi connectivity index (χ2v) is 10.6. The van der Waals surface area contributed by atoms with E-state index in [1.807, 2.05) is 32.0 Å². The van der Waals surface area contributed by atoms with Gasteiger partial charge in [-0.15, -0.1) is 0 Å². The lowest BCUT2D eigenvalue weighted by atomic mass is 9.98. The fraction of sp³-hybridized carbons (Fsp3) is 0.579. The standard InChI is InChI=1S/C19H28N2O2Si/c1-4-23-19(22)13(2)15-5-6-16-17(12-15)21-18(20-16)11-14-7-9-24(3)10-8-14/h5-6,12-14,24H,4,7-11H2,1-3H3,(H,20,21). The maximum Gasteiger partial charge on any atom is 0.313 e. The number of rotatable bonds is 5. The molecule has 3 rings (SSSR count). The first-order valence-electron chi connectivity index (χ1n) is 9.22. The van der Waals surface area contributed by atoms with Crippen LogP contribution in [-0.4, -0.2) is 31.3 Å². The average Bonchev–Trinajstić information content (AvgIpc) is 2.97. The van der Waals surface area contributed by atoms with Gasteiger partial charge in [-0.25, -0.2) is 4.98 Å². The van der Waals surface area contributed by atoms with E-state index in [0.717, 1.165) is 34.8 Å². The van der Waals surface area contributed by atoms with E-state index in [1.165, 1.54) is 24.9 Å². The Morgan fingerprint density at radius 1 is 1.42 bits per heavy atom. The van der Waals surface area contributed by atoms with Crippen LogP contribution in [0.4, 0.5) is 0 Å². The van der Waals surface area contributed by atoms with E-state index in [2.05, 4.69) is 11.5 Å². The Hall–Kier alpha value is -1.62. The first-order chi connectivity index (χ1) is 11.6. The van der Waals surface area contributed by atoms with E-state index in [4.69, 9.17) is 9.72 Å². The summed E-state index contributed by atoms with van der Waals surface area (Å²) in [6.07, 6.45) is 3.80. The molecule has 2 heterocycles. The van der Waals surface area contributed by atoms with Crippen molar-refractivity contribution in [3.63, 3.8) is 0 Å². The van der Waals surface area contributed by atoms with Gasteiger partial charge in [0.25, 0.3) is 0 Å². The van der Waals surface area contributed by atoms with Crippen LogP contribution in [0.5, 0.6) is 0 Å². The number of ether oxygens (including phenoxy) is 1. The number of benzene rings is 1. The summed E-state index contributed by atoms with van der Waals surface area (Å²) >= 11 is 0. The van der Waals surface area contributed by atoms with Gasteiger partial charge < -0.3 is 9.72 Å². The number of nitrogens with one attached hydrogen (secondary N) is 1. The van der Waals surface area contributed by atoms with E-state index in [-0.39, 0.29) is 20.7 Å². The maximum atomic E-state index is 11.9. The molecule has 1 aliphatic heterocycles. The molecule has 5 heteroatoms. The van der Waals surface area contributed by atoms with Crippen LogP contribution >= 0.6 is 0 Å². The fourth-order valence-corrected chi connectivity index (χ4v) is 6.03. The van der Waals surface area contributed by atoms with Crippen molar-refractivity contribution in [2.45, 2.75) is 57.7 Å². The van der Waals surface area contributed by atoms with E-state index in [9.17, 15) is 4.79 Å². The Morgan fingerprint density at radius 3 is 2.88 bits per heavy atom. The predicted octanol–water partition coefficient (Wildman–Crippen LogP) is 4.04. The SMILES string of the molecule is CCOC(=O)C(C)c1ccc2nc(CC3CC[SiH](C)CC3)[nH]c2c1. The molecule has 1 fully saturated rings. The van der Waals surface area contributed by atoms with Crippen LogP contribution in [0, 0.1) is 5.92 Å². The van der Waals surface area contributed by atoms with Gasteiger partial charge in [-0.2, -0.15) is 0 Å². The summed E-state index contributed by atoms with van der Waals surface area (Å²) in [6, 6.07) is 9.00. The van der Waals surface area contributed by atoms with Crippen molar-refractivity contribution in [3.05, 3.63) is 29.6 Å². The first kappa shape index (κ1) is 17.2. The smallest absolute Gasteiger partial charge is 0.313 e. The lowest BCUT2D eigenvalue weighted by Gasteiger charge is -2.24. The van der Waals surface area contributed by atoms with Gasteiger partial charge in [-0.05, 0) is 37.5 Å². The van der Waals surface area contributed by atoms with Gasteiger partial charge in [0.2, 0.25) is 0 Å². The topological polar surface area (TPSA) is 55.0 Å². The Labute approximate surface area is 145 Å². The molecule has 0 aliphatic carbocycles. The van der Waals surface area contributed by atoms with Crippen LogP contribution in [0.1, 0.15) is 44.0 Å². The van der Waals surface area contributed by atoms with Gasteiger partial charge in [-0.3, -0.25) is 4.79 Å². The predicted molar refractivity (Wildman–Crippen MR) is 100 cm³/mol. The number of aromatic amines is 1. The van der Waals surface area contributed by atoms with E-state index in [0.29, 0.717) is 6.61 Å². The van der Waals surface area contributed by atoms with Crippen LogP contribution in [0.25, 0.3) is 11.0 Å². The Morgan fingerprint density at radius 2 is 2.17 bits per heavy atom. The molecule has 0 saturated carbocycles. The summed E-state index contributed by atoms with van der Waals surface area (Å²) in [7, 11) is -0.379. The van der Waals surface area contributed by atoms with Gasteiger partial charge in [0.15, 0.2) is 0 Å². The molecule has 0 spiro atoms. The largest absolute Gasteiger partial charge is 0.466 e. The molecule has 4 nitrogen and oxygen atoms in total. The molecular formula is C19H28N2O2Si. The third-order valence-corrected chi connectivity index (χ3v) is 7.95. The van der Waals surface area contributed by atoms with Crippen molar-refractivity contribution in [1.29, 1.82) is 0 Å². The number of fused-ring (bicyclic) bond motifs is 1. The van der Waals surface area contributed by atoms with E-state index < -0.39 is 0 Å². The summed E-state index contributed by atoms with van der Waals surface area (Å²) in [6.45, 7) is 6.64. The Bertz CT molecular complexity index is 704. The number of carbonyl (C=O) groups is 1. The monoisotopic (exact) mass is 344 g/mol. The molecule has 24 heavy (non-hydrogen) atoms. The number of nitrogens with zero attached hydrogens (tertiary/aromatic N) is 1. The molecule has 1 saturated heterocycles. The molecular weight excluding hydrogens is 316 g/mol. The third kappa shape index (κ3) is 3.89. The molecule has 2 aromatic rings. The molecule has 1 aromatic heterocycles. The highest BCUT2D eigenvalue weighted by atomic mass is 28.3. The van der Waals surface area contributed by atoms with E-state index >= 15 is 0 Å². The molecule has 0 bridgehead atoms. The Kier molecular flexibility index (Phi) is 5.39. The van der Waals surface area contributed by atoms with Crippen molar-refractivity contribution in [3.8, 4) is 0 Å². The quantitative estimate of drug-likeness (QED) is 0.658. The average molecular weight is 345 g/mol. The fourth-order valence-electron chi connectivity index (χ4n) is 3.66. The summed E-state index contributed by atoms with van der Waals surface area (Å²) < 4.78 is 5.12. The molecule has 1 atom stereocenters. The molecule has 130 valence electrons. The van der Waals surface area contributed by atoms with Gasteiger partial charge >= 0.3 is 5.97 Å². The number of aromatic nitrogens is 2. The second kappa shape index (κ2) is 7.51. The molecule has 1 aliphatic rings. The normalized spacial score (nSPS) is 22.5. The molecule has 1 unspecified atom stereocenters. The van der Waals surface area contributed by atoms with Gasteiger partial charge in [0.05, 0.1) is 23.6 Å². The lowest BCUT2D eigenvalue weighted by Crippen LogP contribution is -2.19. The summed E-state index contributed by atoms with van der Waals surface area (Å²) in [5, 5.41) is 0. The van der Waals surface area contributed by atoms with Crippen molar-refractivity contribution < 1.29 is 9.53 Å². The van der Waals surface area contributed by atoms with Gasteiger partial charge in [0, 0.05) is 15.2 Å². The van der Waals surface area contributed by atoms with Gasteiger partial charge in [-0.1, -0.05) is 37.5 Å². The molecule has 0 amide bonds. The first-order valence-corrected chi connectivity index (χ1v) is 12.0. The van der Waals surface area contributed by atoms with E-state index in [1.54, 1.807) is 0 Å². The van der Waals surface area contributed by atoms with Crippen LogP contribution in [0.3, 0.4) is 0 Å². The minimum absolute atomic E-state index is 0.169. The lowest BCUT2D eigenvalue weighted by molar-refractivity contribution is -0.144. The molecule has 1 aromatic carbocycles. The number of esters is 1. The number of hydrogen-bond donors (Lipinski definition) is 1. The van der Waals surface area contributed by atoms with Crippen molar-refractivity contribution in [2.75, 3.05) is 6.61 Å². The summed E-state index contributed by atoms with van der Waals surface area (Å²) in [4.78, 5) is 20.1. The molecule has 0 radical (unpaired) electrons. The Balaban J connectivity index is 1.73. The third-order valence-electron chi connectivity index (χ3n) is 5.31. The van der Waals surface area contributed by atoms with Crippen LogP contribution < -0.4 is 0 Å². The number of imidazole rings is 1. The second-order valence-electron chi connectivity index (χ2n) is 7.26.